The number of anilines is 18. The third-order valence-electron chi connectivity index (χ3n) is 19.6. The van der Waals surface area contributed by atoms with Gasteiger partial charge in [0.15, 0.2) is 0 Å². The highest BCUT2D eigenvalue weighted by Crippen LogP contribution is 2.53. The Morgan fingerprint density at radius 3 is 0.840 bits per heavy atom. The monoisotopic (exact) mass is 1200 g/mol. The summed E-state index contributed by atoms with van der Waals surface area (Å²) in [5.41, 5.74) is 27.9. The second kappa shape index (κ2) is 21.7. The number of hydrogen-bond acceptors (Lipinski definition) is 6. The van der Waals surface area contributed by atoms with Gasteiger partial charge in [-0.3, -0.25) is 0 Å². The van der Waals surface area contributed by atoms with Crippen LogP contribution in [0.5, 0.6) is 0 Å². The molecular weight excluding hydrogens is 1140 g/mol. The Bertz CT molecular complexity index is 5000. The topological polar surface area (TPSA) is 19.4 Å². The van der Waals surface area contributed by atoms with E-state index in [4.69, 9.17) is 0 Å². The van der Waals surface area contributed by atoms with Gasteiger partial charge in [-0.2, -0.15) is 0 Å². The lowest BCUT2D eigenvalue weighted by Gasteiger charge is -2.47. The van der Waals surface area contributed by atoms with Crippen LogP contribution in [0.4, 0.5) is 102 Å². The Hall–Kier alpha value is -12.3. The Balaban J connectivity index is 0.917. The second-order valence-electron chi connectivity index (χ2n) is 24.8. The summed E-state index contributed by atoms with van der Waals surface area (Å²) in [5, 5.41) is 4.65. The van der Waals surface area contributed by atoms with Gasteiger partial charge in [0.05, 0.1) is 11.4 Å². The van der Waals surface area contributed by atoms with E-state index in [-0.39, 0.29) is 13.4 Å². The van der Waals surface area contributed by atoms with Crippen LogP contribution in [-0.4, -0.2) is 13.4 Å². The quantitative estimate of drug-likeness (QED) is 0.126. The van der Waals surface area contributed by atoms with E-state index in [9.17, 15) is 0 Å². The molecule has 4 aliphatic rings. The van der Waals surface area contributed by atoms with Crippen molar-refractivity contribution in [1.82, 2.24) is 0 Å². The summed E-state index contributed by atoms with van der Waals surface area (Å²) >= 11 is 0. The van der Waals surface area contributed by atoms with Crippen molar-refractivity contribution in [2.45, 2.75) is 0 Å². The first kappa shape index (κ1) is 53.6. The first-order chi connectivity index (χ1) is 46.7. The van der Waals surface area contributed by atoms with E-state index in [0.717, 1.165) is 90.4 Å². The fourth-order valence-electron chi connectivity index (χ4n) is 15.8. The molecule has 0 spiro atoms. The molecule has 0 fully saturated rings. The Labute approximate surface area is 548 Å². The van der Waals surface area contributed by atoms with Crippen LogP contribution in [-0.2, 0) is 0 Å². The molecule has 0 saturated heterocycles. The smallest absolute Gasteiger partial charge is 0.252 e. The van der Waals surface area contributed by atoms with Crippen LogP contribution < -0.4 is 62.2 Å². The third kappa shape index (κ3) is 8.32. The van der Waals surface area contributed by atoms with Crippen molar-refractivity contribution in [3.63, 3.8) is 0 Å². The highest BCUT2D eigenvalue weighted by molar-refractivity contribution is 7.03. The summed E-state index contributed by atoms with van der Waals surface area (Å²) < 4.78 is 0. The number of hydrogen-bond donors (Lipinski definition) is 0. The molecule has 0 saturated carbocycles. The average molecular weight is 1200 g/mol. The molecule has 0 aliphatic carbocycles. The fraction of sp³-hybridized carbons (Fsp3) is 0. The molecule has 0 unspecified atom stereocenters. The molecule has 4 aliphatic heterocycles. The van der Waals surface area contributed by atoms with Crippen molar-refractivity contribution in [3.05, 3.63) is 352 Å². The molecule has 0 atom stereocenters. The molecule has 15 aromatic rings. The van der Waals surface area contributed by atoms with Gasteiger partial charge in [-0.05, 0) is 195 Å². The van der Waals surface area contributed by atoms with Gasteiger partial charge in [-0.1, -0.05) is 200 Å². The highest BCUT2D eigenvalue weighted by atomic mass is 15.2. The lowest BCUT2D eigenvalue weighted by atomic mass is 9.30. The summed E-state index contributed by atoms with van der Waals surface area (Å²) in [7, 11) is 0. The van der Waals surface area contributed by atoms with Crippen molar-refractivity contribution in [2.24, 2.45) is 0 Å². The van der Waals surface area contributed by atoms with E-state index < -0.39 is 0 Å². The molecule has 8 heteroatoms. The van der Waals surface area contributed by atoms with E-state index in [1.165, 1.54) is 66.3 Å². The molecule has 6 nitrogen and oxygen atoms in total. The standard InChI is InChI=1S/C86H58B2N6/c1-9-29-61(30-10-1)89(62-31-11-2-12-32-62)69-49-51-71-59(53-69)55-81-83-85(71)93(67-41-21-7-22-42-67)77-47-27-25-45-73(77)87(83)75-57-76-80(58-79(75)91(81)65-37-17-5-18-38-65)92(66-39-19-6-20-40-66)82-56-60-54-70(90(63-33-13-3-14-34-63)64-35-15-4-16-36-64)50-52-72(60)86-84(82)88(76)74-46-26-28-48-78(74)94(86)68-43-23-8-24-44-68/h1-58H. The molecule has 15 aromatic carbocycles. The number of nitrogens with zero attached hydrogens (tertiary/aromatic N) is 6. The minimum Gasteiger partial charge on any atom is -0.311 e. The van der Waals surface area contributed by atoms with Crippen molar-refractivity contribution in [1.29, 1.82) is 0 Å². The molecule has 0 N–H and O–H groups in total. The maximum atomic E-state index is 2.64. The van der Waals surface area contributed by atoms with Crippen LogP contribution in [0.2, 0.25) is 0 Å². The highest BCUT2D eigenvalue weighted by Gasteiger charge is 2.49. The minimum absolute atomic E-state index is 0.159. The van der Waals surface area contributed by atoms with Crippen molar-refractivity contribution >= 4 is 170 Å². The van der Waals surface area contributed by atoms with E-state index >= 15 is 0 Å². The van der Waals surface area contributed by atoms with Gasteiger partial charge in [0.1, 0.15) is 0 Å². The van der Waals surface area contributed by atoms with Crippen LogP contribution in [0.25, 0.3) is 21.5 Å². The largest absolute Gasteiger partial charge is 0.311 e. The summed E-state index contributed by atoms with van der Waals surface area (Å²) in [6.45, 7) is -0.318. The molecule has 0 aromatic heterocycles. The second-order valence-corrected chi connectivity index (χ2v) is 24.8. The SMILES string of the molecule is c1ccc(N(c2ccccc2)c2ccc3c4c5c(cc3c2)N(c2ccccc2)c2cc3c(cc2B5c2ccccc2N4c2ccccc2)B2c4ccccc4N(c4ccccc4)c4c2c(cc2cc(N(c5ccccc5)c5ccccc5)ccc42)N3c2ccccc2)cc1. The summed E-state index contributed by atoms with van der Waals surface area (Å²) in [4.78, 5) is 15.0. The zero-order valence-corrected chi connectivity index (χ0v) is 51.3. The summed E-state index contributed by atoms with van der Waals surface area (Å²) in [6, 6.07) is 130. The van der Waals surface area contributed by atoms with Gasteiger partial charge in [0.25, 0.3) is 13.4 Å². The normalized spacial score (nSPS) is 13.0. The van der Waals surface area contributed by atoms with Gasteiger partial charge < -0.3 is 29.4 Å². The molecule has 94 heavy (non-hydrogen) atoms. The number of fused-ring (bicyclic) bond motifs is 12. The van der Waals surface area contributed by atoms with Crippen molar-refractivity contribution < 1.29 is 0 Å². The van der Waals surface area contributed by atoms with E-state index in [1.54, 1.807) is 0 Å². The molecule has 438 valence electrons. The zero-order chi connectivity index (χ0) is 61.8. The lowest BCUT2D eigenvalue weighted by Crippen LogP contribution is -2.65. The van der Waals surface area contributed by atoms with Crippen LogP contribution in [0.15, 0.2) is 352 Å². The predicted molar refractivity (Wildman–Crippen MR) is 399 cm³/mol. The Morgan fingerprint density at radius 2 is 0.500 bits per heavy atom. The summed E-state index contributed by atoms with van der Waals surface area (Å²) in [6.07, 6.45) is 0. The van der Waals surface area contributed by atoms with Crippen LogP contribution in [0.3, 0.4) is 0 Å². The average Bonchev–Trinajstić information content (AvgIpc) is 0.684. The summed E-state index contributed by atoms with van der Waals surface area (Å²) in [5.74, 6) is 0. The molecule has 0 amide bonds. The van der Waals surface area contributed by atoms with E-state index in [1.807, 2.05) is 0 Å². The minimum atomic E-state index is -0.159. The van der Waals surface area contributed by atoms with Gasteiger partial charge in [-0.25, -0.2) is 0 Å². The maximum absolute atomic E-state index is 2.64. The number of rotatable bonds is 10. The number of para-hydroxylation sites is 10. The molecule has 0 radical (unpaired) electrons. The zero-order valence-electron chi connectivity index (χ0n) is 51.3. The van der Waals surface area contributed by atoms with Crippen LogP contribution in [0, 0.1) is 0 Å². The van der Waals surface area contributed by atoms with Gasteiger partial charge in [0.2, 0.25) is 0 Å². The van der Waals surface area contributed by atoms with Crippen molar-refractivity contribution in [3.8, 4) is 0 Å². The van der Waals surface area contributed by atoms with E-state index in [2.05, 4.69) is 381 Å². The Kier molecular flexibility index (Phi) is 12.4. The number of benzene rings is 15. The first-order valence-electron chi connectivity index (χ1n) is 32.5. The molecule has 19 rings (SSSR count). The van der Waals surface area contributed by atoms with E-state index in [0.29, 0.717) is 0 Å². The van der Waals surface area contributed by atoms with Crippen LogP contribution >= 0.6 is 0 Å². The van der Waals surface area contributed by atoms with Gasteiger partial charge in [0, 0.05) is 102 Å². The van der Waals surface area contributed by atoms with Gasteiger partial charge in [-0.15, -0.1) is 0 Å². The maximum Gasteiger partial charge on any atom is 0.252 e. The predicted octanol–water partition coefficient (Wildman–Crippen LogP) is 19.1. The third-order valence-corrected chi connectivity index (χ3v) is 19.6. The fourth-order valence-corrected chi connectivity index (χ4v) is 15.8. The first-order valence-corrected chi connectivity index (χ1v) is 32.5. The molecule has 0 bridgehead atoms. The van der Waals surface area contributed by atoms with Crippen LogP contribution in [0.1, 0.15) is 0 Å². The van der Waals surface area contributed by atoms with Gasteiger partial charge >= 0.3 is 0 Å². The lowest BCUT2D eigenvalue weighted by molar-refractivity contribution is 1.24. The molecule has 4 heterocycles. The Morgan fingerprint density at radius 1 is 0.202 bits per heavy atom. The molecular formula is C86H58B2N6. The van der Waals surface area contributed by atoms with Crippen molar-refractivity contribution in [2.75, 3.05) is 29.4 Å².